The molecule has 31 heavy (non-hydrogen) atoms. The molecule has 0 radical (unpaired) electrons. The number of imidazole rings is 2. The molecule has 0 aliphatic carbocycles. The molecule has 0 saturated heterocycles. The van der Waals surface area contributed by atoms with Gasteiger partial charge in [0, 0.05) is 0 Å². The van der Waals surface area contributed by atoms with Crippen molar-refractivity contribution in [2.75, 3.05) is 4.90 Å². The molecule has 2 aromatic carbocycles. The third-order valence-corrected chi connectivity index (χ3v) is 4.21. The summed E-state index contributed by atoms with van der Waals surface area (Å²) in [4.78, 5) is 39.3. The lowest BCUT2D eigenvalue weighted by Crippen LogP contribution is -2.31. The Hall–Kier alpha value is -4.35. The van der Waals surface area contributed by atoms with Crippen LogP contribution in [0.2, 0.25) is 0 Å². The number of aromatic nitrogens is 4. The first-order chi connectivity index (χ1) is 14.7. The molecule has 4 rings (SSSR count). The predicted molar refractivity (Wildman–Crippen MR) is 103 cm³/mol. The average molecular weight is 430 g/mol. The van der Waals surface area contributed by atoms with Crippen molar-refractivity contribution in [1.29, 1.82) is 0 Å². The fourth-order valence-corrected chi connectivity index (χ4v) is 2.97. The van der Waals surface area contributed by atoms with Gasteiger partial charge in [-0.05, 0) is 24.3 Å². The van der Waals surface area contributed by atoms with Crippen molar-refractivity contribution in [3.63, 3.8) is 0 Å². The monoisotopic (exact) mass is 430 g/mol. The third kappa shape index (κ3) is 3.90. The summed E-state index contributed by atoms with van der Waals surface area (Å²) in [5.41, 5.74) is 5.29. The molecule has 12 heteroatoms. The number of nitrogens with zero attached hydrogens (tertiary/aromatic N) is 3. The number of anilines is 2. The SMILES string of the molecule is NC(=O)c1[nH]cnc1C(=O)N(c1nc2ccccc2[nH]1)c1ccccc1OC(F)(F)F. The van der Waals surface area contributed by atoms with Crippen LogP contribution in [0.4, 0.5) is 24.8 Å². The molecule has 4 aromatic rings. The number of nitrogens with two attached hydrogens (primary N) is 1. The second kappa shape index (κ2) is 7.48. The van der Waals surface area contributed by atoms with E-state index < -0.39 is 29.6 Å². The van der Waals surface area contributed by atoms with Gasteiger partial charge in [-0.3, -0.25) is 9.59 Å². The number of carbonyl (C=O) groups is 2. The molecule has 2 amide bonds. The number of alkyl halides is 3. The van der Waals surface area contributed by atoms with Crippen molar-refractivity contribution in [3.8, 4) is 5.75 Å². The number of nitrogens with one attached hydrogen (secondary N) is 2. The second-order valence-corrected chi connectivity index (χ2v) is 6.22. The van der Waals surface area contributed by atoms with Gasteiger partial charge < -0.3 is 20.4 Å². The lowest BCUT2D eigenvalue weighted by molar-refractivity contribution is -0.274. The van der Waals surface area contributed by atoms with Crippen molar-refractivity contribution in [3.05, 3.63) is 66.2 Å². The zero-order valence-electron chi connectivity index (χ0n) is 15.5. The van der Waals surface area contributed by atoms with Crippen LogP contribution in [0.5, 0.6) is 5.75 Å². The minimum Gasteiger partial charge on any atom is -0.404 e. The number of para-hydroxylation sites is 4. The van der Waals surface area contributed by atoms with E-state index in [9.17, 15) is 22.8 Å². The quantitative estimate of drug-likeness (QED) is 0.447. The third-order valence-electron chi connectivity index (χ3n) is 4.21. The number of amides is 2. The number of H-pyrrole nitrogens is 2. The van der Waals surface area contributed by atoms with Gasteiger partial charge in [0.15, 0.2) is 11.4 Å². The normalized spacial score (nSPS) is 11.5. The second-order valence-electron chi connectivity index (χ2n) is 6.22. The first kappa shape index (κ1) is 19.9. The van der Waals surface area contributed by atoms with Crippen LogP contribution >= 0.6 is 0 Å². The molecule has 0 saturated carbocycles. The molecule has 2 aromatic heterocycles. The fraction of sp³-hybridized carbons (Fsp3) is 0.0526. The molecule has 0 bridgehead atoms. The van der Waals surface area contributed by atoms with Crippen LogP contribution < -0.4 is 15.4 Å². The van der Waals surface area contributed by atoms with E-state index in [4.69, 9.17) is 5.73 Å². The summed E-state index contributed by atoms with van der Waals surface area (Å²) >= 11 is 0. The van der Waals surface area contributed by atoms with Crippen LogP contribution in [0.25, 0.3) is 11.0 Å². The van der Waals surface area contributed by atoms with Gasteiger partial charge in [0.25, 0.3) is 11.8 Å². The van der Waals surface area contributed by atoms with E-state index >= 15 is 0 Å². The van der Waals surface area contributed by atoms with Crippen LogP contribution in [0.3, 0.4) is 0 Å². The van der Waals surface area contributed by atoms with Gasteiger partial charge in [0.05, 0.1) is 23.0 Å². The fourth-order valence-electron chi connectivity index (χ4n) is 2.97. The van der Waals surface area contributed by atoms with E-state index in [1.165, 1.54) is 18.2 Å². The molecule has 0 atom stereocenters. The molecule has 2 heterocycles. The van der Waals surface area contributed by atoms with Gasteiger partial charge >= 0.3 is 6.36 Å². The number of rotatable bonds is 5. The van der Waals surface area contributed by atoms with E-state index in [1.54, 1.807) is 24.3 Å². The van der Waals surface area contributed by atoms with E-state index in [1.807, 2.05) is 0 Å². The van der Waals surface area contributed by atoms with E-state index in [0.29, 0.717) is 11.0 Å². The number of hydrogen-bond donors (Lipinski definition) is 3. The minimum absolute atomic E-state index is 0.108. The maximum Gasteiger partial charge on any atom is 0.573 e. The van der Waals surface area contributed by atoms with Crippen molar-refractivity contribution in [1.82, 2.24) is 19.9 Å². The molecular weight excluding hydrogens is 417 g/mol. The molecule has 0 aliphatic rings. The molecule has 158 valence electrons. The number of benzene rings is 2. The highest BCUT2D eigenvalue weighted by atomic mass is 19.4. The summed E-state index contributed by atoms with van der Waals surface area (Å²) in [6, 6.07) is 11.8. The number of halogens is 3. The van der Waals surface area contributed by atoms with E-state index in [2.05, 4.69) is 24.7 Å². The number of hydrogen-bond acceptors (Lipinski definition) is 5. The Morgan fingerprint density at radius 3 is 2.48 bits per heavy atom. The van der Waals surface area contributed by atoms with Crippen LogP contribution in [0.1, 0.15) is 21.0 Å². The summed E-state index contributed by atoms with van der Waals surface area (Å²) in [5.74, 6) is -2.68. The van der Waals surface area contributed by atoms with Gasteiger partial charge in [-0.25, -0.2) is 14.9 Å². The summed E-state index contributed by atoms with van der Waals surface area (Å²) in [7, 11) is 0. The molecule has 0 fully saturated rings. The molecule has 0 spiro atoms. The van der Waals surface area contributed by atoms with E-state index in [0.717, 1.165) is 17.3 Å². The Balaban J connectivity index is 1.91. The number of aromatic amines is 2. The van der Waals surface area contributed by atoms with Crippen LogP contribution in [-0.2, 0) is 0 Å². The summed E-state index contributed by atoms with van der Waals surface area (Å²) in [5, 5.41) is 0. The van der Waals surface area contributed by atoms with Crippen LogP contribution in [0, 0.1) is 0 Å². The van der Waals surface area contributed by atoms with Crippen molar-refractivity contribution in [2.45, 2.75) is 6.36 Å². The number of fused-ring (bicyclic) bond motifs is 1. The van der Waals surface area contributed by atoms with Crippen molar-refractivity contribution in [2.24, 2.45) is 5.73 Å². The van der Waals surface area contributed by atoms with Gasteiger partial charge in [-0.2, -0.15) is 0 Å². The highest BCUT2D eigenvalue weighted by Gasteiger charge is 2.35. The van der Waals surface area contributed by atoms with Crippen molar-refractivity contribution < 1.29 is 27.5 Å². The van der Waals surface area contributed by atoms with Gasteiger partial charge in [-0.1, -0.05) is 24.3 Å². The summed E-state index contributed by atoms with van der Waals surface area (Å²) in [6.07, 6.45) is -3.94. The Kier molecular flexibility index (Phi) is 4.81. The number of carbonyl (C=O) groups excluding carboxylic acids is 2. The zero-order chi connectivity index (χ0) is 22.2. The standard InChI is InChI=1S/C19H13F3N6O3/c20-19(21,22)31-13-8-4-3-7-12(13)28(17(30)15-14(16(23)29)24-9-25-15)18-26-10-5-1-2-6-11(10)27-18/h1-9H,(H2,23,29)(H,24,25)(H,26,27). The first-order valence-corrected chi connectivity index (χ1v) is 8.72. The topological polar surface area (TPSA) is 130 Å². The van der Waals surface area contributed by atoms with E-state index in [-0.39, 0.29) is 17.3 Å². The zero-order valence-corrected chi connectivity index (χ0v) is 15.5. The predicted octanol–water partition coefficient (Wildman–Crippen LogP) is 3.26. The minimum atomic E-state index is -5.01. The number of ether oxygens (including phenoxy) is 1. The summed E-state index contributed by atoms with van der Waals surface area (Å²) < 4.78 is 43.0. The Morgan fingerprint density at radius 2 is 1.77 bits per heavy atom. The lowest BCUT2D eigenvalue weighted by Gasteiger charge is -2.22. The lowest BCUT2D eigenvalue weighted by atomic mass is 10.2. The average Bonchev–Trinajstić information content (AvgIpc) is 3.35. The maximum atomic E-state index is 13.4. The number of primary amides is 1. The molecular formula is C19H13F3N6O3. The Bertz CT molecular complexity index is 1250. The van der Waals surface area contributed by atoms with Crippen LogP contribution in [0.15, 0.2) is 54.9 Å². The summed E-state index contributed by atoms with van der Waals surface area (Å²) in [6.45, 7) is 0. The Morgan fingerprint density at radius 1 is 1.06 bits per heavy atom. The van der Waals surface area contributed by atoms with Gasteiger partial charge in [-0.15, -0.1) is 13.2 Å². The largest absolute Gasteiger partial charge is 0.573 e. The smallest absolute Gasteiger partial charge is 0.404 e. The first-order valence-electron chi connectivity index (χ1n) is 8.72. The molecule has 9 nitrogen and oxygen atoms in total. The Labute approximate surface area is 171 Å². The van der Waals surface area contributed by atoms with Crippen LogP contribution in [-0.4, -0.2) is 38.1 Å². The molecule has 0 unspecified atom stereocenters. The molecule has 4 N–H and O–H groups in total. The molecule has 0 aliphatic heterocycles. The highest BCUT2D eigenvalue weighted by Crippen LogP contribution is 2.37. The van der Waals surface area contributed by atoms with Crippen molar-refractivity contribution >= 4 is 34.5 Å². The highest BCUT2D eigenvalue weighted by molar-refractivity contribution is 6.14. The maximum absolute atomic E-state index is 13.4. The van der Waals surface area contributed by atoms with Gasteiger partial charge in [0.2, 0.25) is 5.95 Å². The van der Waals surface area contributed by atoms with Gasteiger partial charge in [0.1, 0.15) is 5.69 Å².